The minimum absolute atomic E-state index is 0.118. The van der Waals surface area contributed by atoms with Crippen LogP contribution in [0.15, 0.2) is 12.3 Å². The Kier molecular flexibility index (Phi) is 10.2. The highest BCUT2D eigenvalue weighted by Gasteiger charge is 2.09. The van der Waals surface area contributed by atoms with Crippen LogP contribution in [0.1, 0.15) is 39.0 Å². The molecule has 0 aliphatic carbocycles. The Bertz CT molecular complexity index is 319. The largest absolute Gasteiger partial charge is 0.465 e. The SMILES string of the molecule is C=C(CN(C)C(=O)CCCCCC)NCCNC(=O)O. The predicted molar refractivity (Wildman–Crippen MR) is 79.6 cm³/mol. The maximum absolute atomic E-state index is 11.8. The predicted octanol–water partition coefficient (Wildman–Crippen LogP) is 1.79. The van der Waals surface area contributed by atoms with E-state index in [2.05, 4.69) is 24.1 Å². The molecular formula is C14H27N3O3. The maximum Gasteiger partial charge on any atom is 0.404 e. The van der Waals surface area contributed by atoms with E-state index in [0.717, 1.165) is 19.3 Å². The molecule has 0 aromatic heterocycles. The van der Waals surface area contributed by atoms with Crippen LogP contribution in [-0.2, 0) is 4.79 Å². The second-order valence-corrected chi connectivity index (χ2v) is 4.82. The first-order valence-corrected chi connectivity index (χ1v) is 7.09. The first-order valence-electron chi connectivity index (χ1n) is 7.09. The molecular weight excluding hydrogens is 258 g/mol. The average molecular weight is 285 g/mol. The van der Waals surface area contributed by atoms with E-state index in [-0.39, 0.29) is 5.91 Å². The lowest BCUT2D eigenvalue weighted by Gasteiger charge is -2.19. The van der Waals surface area contributed by atoms with E-state index < -0.39 is 6.09 Å². The molecule has 0 atom stereocenters. The minimum atomic E-state index is -1.04. The van der Waals surface area contributed by atoms with Crippen LogP contribution in [0.25, 0.3) is 0 Å². The van der Waals surface area contributed by atoms with E-state index in [4.69, 9.17) is 5.11 Å². The molecule has 0 aromatic rings. The van der Waals surface area contributed by atoms with Crippen LogP contribution in [0.3, 0.4) is 0 Å². The standard InChI is InChI=1S/C14H27N3O3/c1-4-5-6-7-8-13(18)17(3)11-12(2)15-9-10-16-14(19)20/h15-16H,2,4-11H2,1,3H3,(H,19,20). The van der Waals surface area contributed by atoms with Crippen molar-refractivity contribution in [3.63, 3.8) is 0 Å². The fourth-order valence-corrected chi connectivity index (χ4v) is 1.73. The molecule has 116 valence electrons. The average Bonchev–Trinajstić information content (AvgIpc) is 2.39. The number of nitrogens with one attached hydrogen (secondary N) is 2. The molecule has 0 saturated carbocycles. The second kappa shape index (κ2) is 11.1. The van der Waals surface area contributed by atoms with Gasteiger partial charge in [0.05, 0.1) is 6.54 Å². The number of carboxylic acid groups (broad SMARTS) is 1. The highest BCUT2D eigenvalue weighted by Crippen LogP contribution is 2.05. The van der Waals surface area contributed by atoms with Gasteiger partial charge in [0.1, 0.15) is 0 Å². The topological polar surface area (TPSA) is 81.7 Å². The summed E-state index contributed by atoms with van der Waals surface area (Å²) in [5.41, 5.74) is 0.710. The lowest BCUT2D eigenvalue weighted by atomic mass is 10.1. The molecule has 0 unspecified atom stereocenters. The van der Waals surface area contributed by atoms with Crippen molar-refractivity contribution in [1.29, 1.82) is 0 Å². The minimum Gasteiger partial charge on any atom is -0.465 e. The Labute approximate surface area is 121 Å². The Morgan fingerprint density at radius 2 is 1.80 bits per heavy atom. The molecule has 0 heterocycles. The number of hydrogen-bond acceptors (Lipinski definition) is 3. The fraction of sp³-hybridized carbons (Fsp3) is 0.714. The number of hydrogen-bond donors (Lipinski definition) is 3. The molecule has 0 radical (unpaired) electrons. The number of amides is 2. The number of carbonyl (C=O) groups is 2. The van der Waals surface area contributed by atoms with Gasteiger partial charge in [-0.15, -0.1) is 0 Å². The number of carbonyl (C=O) groups excluding carboxylic acids is 1. The quantitative estimate of drug-likeness (QED) is 0.505. The molecule has 2 amide bonds. The molecule has 0 bridgehead atoms. The van der Waals surface area contributed by atoms with Gasteiger partial charge in [0.2, 0.25) is 5.91 Å². The maximum atomic E-state index is 11.8. The van der Waals surface area contributed by atoms with Gasteiger partial charge in [-0.3, -0.25) is 4.79 Å². The van der Waals surface area contributed by atoms with E-state index in [1.165, 1.54) is 6.42 Å². The molecule has 0 aliphatic heterocycles. The third-order valence-electron chi connectivity index (χ3n) is 2.87. The Morgan fingerprint density at radius 1 is 1.15 bits per heavy atom. The number of likely N-dealkylation sites (N-methyl/N-ethyl adjacent to an activating group) is 1. The van der Waals surface area contributed by atoms with Crippen LogP contribution in [0, 0.1) is 0 Å². The lowest BCUT2D eigenvalue weighted by Crippen LogP contribution is -2.35. The molecule has 0 rings (SSSR count). The van der Waals surface area contributed by atoms with Crippen LogP contribution >= 0.6 is 0 Å². The molecule has 20 heavy (non-hydrogen) atoms. The van der Waals surface area contributed by atoms with Gasteiger partial charge in [0, 0.05) is 32.3 Å². The lowest BCUT2D eigenvalue weighted by molar-refractivity contribution is -0.129. The number of unbranched alkanes of at least 4 members (excludes halogenated alkanes) is 3. The first kappa shape index (κ1) is 18.3. The number of rotatable bonds is 11. The van der Waals surface area contributed by atoms with Crippen molar-refractivity contribution in [3.05, 3.63) is 12.3 Å². The Balaban J connectivity index is 3.71. The molecule has 0 aliphatic rings. The van der Waals surface area contributed by atoms with Crippen molar-refractivity contribution in [1.82, 2.24) is 15.5 Å². The van der Waals surface area contributed by atoms with Crippen molar-refractivity contribution >= 4 is 12.0 Å². The molecule has 0 fully saturated rings. The summed E-state index contributed by atoms with van der Waals surface area (Å²) >= 11 is 0. The Hall–Kier alpha value is -1.72. The molecule has 6 heteroatoms. The highest BCUT2D eigenvalue weighted by atomic mass is 16.4. The zero-order valence-electron chi connectivity index (χ0n) is 12.6. The Morgan fingerprint density at radius 3 is 2.40 bits per heavy atom. The van der Waals surface area contributed by atoms with Gasteiger partial charge in [0.25, 0.3) is 0 Å². The van der Waals surface area contributed by atoms with Crippen LogP contribution in [-0.4, -0.2) is 48.7 Å². The van der Waals surface area contributed by atoms with E-state index in [9.17, 15) is 9.59 Å². The third-order valence-corrected chi connectivity index (χ3v) is 2.87. The normalized spacial score (nSPS) is 9.90. The third kappa shape index (κ3) is 10.2. The zero-order valence-corrected chi connectivity index (χ0v) is 12.6. The van der Waals surface area contributed by atoms with Crippen LogP contribution in [0.4, 0.5) is 4.79 Å². The molecule has 0 saturated heterocycles. The van der Waals surface area contributed by atoms with Gasteiger partial charge in [-0.25, -0.2) is 4.79 Å². The summed E-state index contributed by atoms with van der Waals surface area (Å²) in [6, 6.07) is 0. The van der Waals surface area contributed by atoms with Crippen LogP contribution < -0.4 is 10.6 Å². The monoisotopic (exact) mass is 285 g/mol. The first-order chi connectivity index (χ1) is 9.47. The highest BCUT2D eigenvalue weighted by molar-refractivity contribution is 5.76. The summed E-state index contributed by atoms with van der Waals surface area (Å²) in [6.07, 6.45) is 3.88. The van der Waals surface area contributed by atoms with Crippen LogP contribution in [0.2, 0.25) is 0 Å². The molecule has 3 N–H and O–H groups in total. The van der Waals surface area contributed by atoms with E-state index in [1.54, 1.807) is 11.9 Å². The summed E-state index contributed by atoms with van der Waals surface area (Å²) in [5.74, 6) is 0.118. The van der Waals surface area contributed by atoms with Crippen molar-refractivity contribution in [2.45, 2.75) is 39.0 Å². The fourth-order valence-electron chi connectivity index (χ4n) is 1.73. The molecule has 0 spiro atoms. The van der Waals surface area contributed by atoms with Crippen molar-refractivity contribution in [2.24, 2.45) is 0 Å². The smallest absolute Gasteiger partial charge is 0.404 e. The summed E-state index contributed by atoms with van der Waals surface area (Å²) < 4.78 is 0. The van der Waals surface area contributed by atoms with Gasteiger partial charge in [-0.1, -0.05) is 32.8 Å². The molecule has 6 nitrogen and oxygen atoms in total. The second-order valence-electron chi connectivity index (χ2n) is 4.82. The van der Waals surface area contributed by atoms with E-state index in [0.29, 0.717) is 31.8 Å². The van der Waals surface area contributed by atoms with Crippen molar-refractivity contribution in [3.8, 4) is 0 Å². The summed E-state index contributed by atoms with van der Waals surface area (Å²) in [5, 5.41) is 13.6. The van der Waals surface area contributed by atoms with Crippen molar-refractivity contribution < 1.29 is 14.7 Å². The van der Waals surface area contributed by atoms with Crippen molar-refractivity contribution in [2.75, 3.05) is 26.7 Å². The van der Waals surface area contributed by atoms with Gasteiger partial charge in [0.15, 0.2) is 0 Å². The van der Waals surface area contributed by atoms with Gasteiger partial charge < -0.3 is 20.6 Å². The van der Waals surface area contributed by atoms with Gasteiger partial charge in [-0.2, -0.15) is 0 Å². The molecule has 0 aromatic carbocycles. The van der Waals surface area contributed by atoms with E-state index >= 15 is 0 Å². The summed E-state index contributed by atoms with van der Waals surface area (Å²) in [6.45, 7) is 7.18. The van der Waals surface area contributed by atoms with Crippen LogP contribution in [0.5, 0.6) is 0 Å². The zero-order chi connectivity index (χ0) is 15.4. The van der Waals surface area contributed by atoms with E-state index in [1.807, 2.05) is 0 Å². The van der Waals surface area contributed by atoms with Gasteiger partial charge >= 0.3 is 6.09 Å². The summed E-state index contributed by atoms with van der Waals surface area (Å²) in [4.78, 5) is 23.7. The van der Waals surface area contributed by atoms with Gasteiger partial charge in [-0.05, 0) is 6.42 Å². The summed E-state index contributed by atoms with van der Waals surface area (Å²) in [7, 11) is 1.75. The number of nitrogens with zero attached hydrogens (tertiary/aromatic N) is 1.